The molecule has 2 aliphatic rings. The number of methoxy groups -OCH3 is 1. The molecule has 3 heterocycles. The molecule has 0 spiro atoms. The predicted octanol–water partition coefficient (Wildman–Crippen LogP) is 5.75. The molecule has 0 atom stereocenters. The van der Waals surface area contributed by atoms with Gasteiger partial charge in [-0.1, -0.05) is 12.1 Å². The van der Waals surface area contributed by atoms with Crippen LogP contribution in [0, 0.1) is 0 Å². The predicted molar refractivity (Wildman–Crippen MR) is 151 cm³/mol. The first kappa shape index (κ1) is 28.5. The van der Waals surface area contributed by atoms with Crippen LogP contribution < -0.4 is 14.8 Å². The lowest BCUT2D eigenvalue weighted by atomic mass is 9.81. The summed E-state index contributed by atoms with van der Waals surface area (Å²) in [5.41, 5.74) is 6.51. The lowest BCUT2D eigenvalue weighted by Gasteiger charge is -2.31. The molecular formula is C29H33Cl2N3O3. The van der Waals surface area contributed by atoms with Crippen molar-refractivity contribution in [1.82, 2.24) is 10.3 Å². The summed E-state index contributed by atoms with van der Waals surface area (Å²) in [5.74, 6) is 1.49. The van der Waals surface area contributed by atoms with Crippen LogP contribution in [0.5, 0.6) is 11.5 Å². The average molecular weight is 543 g/mol. The molecule has 1 N–H and O–H groups in total. The van der Waals surface area contributed by atoms with Crippen molar-refractivity contribution in [3.63, 3.8) is 0 Å². The molecule has 1 amide bonds. The summed E-state index contributed by atoms with van der Waals surface area (Å²) in [6.45, 7) is 8.96. The van der Waals surface area contributed by atoms with E-state index in [9.17, 15) is 4.79 Å². The summed E-state index contributed by atoms with van der Waals surface area (Å²) in [6.07, 6.45) is 5.06. The zero-order valence-electron chi connectivity index (χ0n) is 21.8. The van der Waals surface area contributed by atoms with E-state index in [1.54, 1.807) is 19.5 Å². The van der Waals surface area contributed by atoms with Gasteiger partial charge in [-0.05, 0) is 75.6 Å². The second-order valence-electron chi connectivity index (χ2n) is 10.5. The van der Waals surface area contributed by atoms with Crippen molar-refractivity contribution in [2.45, 2.75) is 58.2 Å². The molecule has 0 saturated heterocycles. The molecule has 0 radical (unpaired) electrons. The highest BCUT2D eigenvalue weighted by Gasteiger charge is 2.39. The summed E-state index contributed by atoms with van der Waals surface area (Å²) in [6, 6.07) is 13.6. The number of nitrogens with zero attached hydrogens (tertiary/aromatic N) is 2. The average Bonchev–Trinajstić information content (AvgIpc) is 3.16. The lowest BCUT2D eigenvalue weighted by molar-refractivity contribution is 0.0951. The Kier molecular flexibility index (Phi) is 8.25. The van der Waals surface area contributed by atoms with E-state index in [0.29, 0.717) is 12.1 Å². The van der Waals surface area contributed by atoms with Gasteiger partial charge >= 0.3 is 0 Å². The van der Waals surface area contributed by atoms with Gasteiger partial charge in [0.2, 0.25) is 0 Å². The number of amides is 1. The highest BCUT2D eigenvalue weighted by Crippen LogP contribution is 2.47. The molecule has 0 bridgehead atoms. The molecule has 0 unspecified atom stereocenters. The number of aliphatic imine (C=N–C) groups is 1. The van der Waals surface area contributed by atoms with E-state index in [1.165, 1.54) is 5.56 Å². The van der Waals surface area contributed by atoms with Crippen molar-refractivity contribution in [3.8, 4) is 11.5 Å². The van der Waals surface area contributed by atoms with Crippen molar-refractivity contribution < 1.29 is 14.3 Å². The zero-order chi connectivity index (χ0) is 24.8. The number of halogens is 2. The van der Waals surface area contributed by atoms with Gasteiger partial charge in [-0.25, -0.2) is 0 Å². The van der Waals surface area contributed by atoms with E-state index in [4.69, 9.17) is 14.5 Å². The Morgan fingerprint density at radius 1 is 1.03 bits per heavy atom. The van der Waals surface area contributed by atoms with Crippen LogP contribution in [0.15, 0.2) is 59.9 Å². The van der Waals surface area contributed by atoms with E-state index in [1.807, 2.05) is 36.4 Å². The van der Waals surface area contributed by atoms with Gasteiger partial charge in [0.25, 0.3) is 5.91 Å². The van der Waals surface area contributed by atoms with Crippen LogP contribution in [0.2, 0.25) is 0 Å². The van der Waals surface area contributed by atoms with Gasteiger partial charge < -0.3 is 14.8 Å². The maximum absolute atomic E-state index is 12.7. The second kappa shape index (κ2) is 10.7. The van der Waals surface area contributed by atoms with Crippen molar-refractivity contribution in [3.05, 3.63) is 88.2 Å². The quantitative estimate of drug-likeness (QED) is 0.446. The molecule has 0 fully saturated rings. The van der Waals surface area contributed by atoms with Gasteiger partial charge in [-0.2, -0.15) is 0 Å². The number of carbonyl (C=O) groups is 1. The lowest BCUT2D eigenvalue weighted by Crippen LogP contribution is -2.30. The Balaban J connectivity index is 0.00000190. The van der Waals surface area contributed by atoms with Gasteiger partial charge in [0.05, 0.1) is 18.4 Å². The molecule has 196 valence electrons. The fraction of sp³-hybridized carbons (Fsp3) is 0.345. The number of pyridine rings is 1. The number of carbonyl (C=O) groups excluding carboxylic acids is 1. The summed E-state index contributed by atoms with van der Waals surface area (Å²) in [5, 5.41) is 2.97. The van der Waals surface area contributed by atoms with Gasteiger partial charge in [-0.3, -0.25) is 14.8 Å². The van der Waals surface area contributed by atoms with E-state index in [2.05, 4.69) is 44.1 Å². The van der Waals surface area contributed by atoms with Crippen LogP contribution in [0.1, 0.15) is 65.9 Å². The van der Waals surface area contributed by atoms with Gasteiger partial charge in [0, 0.05) is 47.6 Å². The van der Waals surface area contributed by atoms with Crippen molar-refractivity contribution >= 4 is 36.4 Å². The number of nitrogens with one attached hydrogen (secondary N) is 1. The number of fused-ring (bicyclic) bond motifs is 3. The molecule has 3 aromatic rings. The fourth-order valence-electron chi connectivity index (χ4n) is 4.99. The first-order chi connectivity index (χ1) is 16.7. The number of rotatable bonds is 5. The van der Waals surface area contributed by atoms with E-state index >= 15 is 0 Å². The van der Waals surface area contributed by atoms with Crippen LogP contribution in [0.4, 0.5) is 0 Å². The summed E-state index contributed by atoms with van der Waals surface area (Å²) in [7, 11) is 1.69. The molecule has 6 nitrogen and oxygen atoms in total. The minimum atomic E-state index is -0.306. The maximum Gasteiger partial charge on any atom is 0.251 e. The second-order valence-corrected chi connectivity index (χ2v) is 10.5. The Labute approximate surface area is 230 Å². The van der Waals surface area contributed by atoms with Crippen molar-refractivity contribution in [2.75, 3.05) is 7.11 Å². The van der Waals surface area contributed by atoms with Crippen LogP contribution >= 0.6 is 24.8 Å². The fourth-order valence-corrected chi connectivity index (χ4v) is 4.99. The summed E-state index contributed by atoms with van der Waals surface area (Å²) in [4.78, 5) is 21.9. The molecule has 0 aliphatic carbocycles. The normalized spacial score (nSPS) is 16.1. The molecule has 5 rings (SSSR count). The van der Waals surface area contributed by atoms with Gasteiger partial charge in [0.15, 0.2) is 11.5 Å². The number of hydrogen-bond acceptors (Lipinski definition) is 5. The summed E-state index contributed by atoms with van der Waals surface area (Å²) < 4.78 is 12.0. The highest BCUT2D eigenvalue weighted by molar-refractivity contribution is 6.16. The molecule has 1 aromatic heterocycles. The molecular weight excluding hydrogens is 509 g/mol. The molecule has 2 aromatic carbocycles. The topological polar surface area (TPSA) is 72.8 Å². The zero-order valence-corrected chi connectivity index (χ0v) is 23.4. The maximum atomic E-state index is 12.7. The SMILES string of the molecule is COc1cc2c(c3c1OC(C)(C)C3)C(c1ccc(C(=O)NCc3ccncc3)cc1)=NC(C)(C)C2.Cl.Cl. The number of aromatic nitrogens is 1. The van der Waals surface area contributed by atoms with Crippen LogP contribution in [0.3, 0.4) is 0 Å². The van der Waals surface area contributed by atoms with Crippen LogP contribution in [-0.4, -0.2) is 34.9 Å². The molecule has 8 heteroatoms. The first-order valence-electron chi connectivity index (χ1n) is 12.0. The Morgan fingerprint density at radius 2 is 1.70 bits per heavy atom. The Bertz CT molecular complexity index is 1320. The van der Waals surface area contributed by atoms with E-state index in [0.717, 1.165) is 52.3 Å². The smallest absolute Gasteiger partial charge is 0.251 e. The molecule has 37 heavy (non-hydrogen) atoms. The van der Waals surface area contributed by atoms with E-state index < -0.39 is 0 Å². The van der Waals surface area contributed by atoms with E-state index in [-0.39, 0.29) is 41.9 Å². The van der Waals surface area contributed by atoms with Crippen LogP contribution in [-0.2, 0) is 19.4 Å². The number of ether oxygens (including phenoxy) is 2. The van der Waals surface area contributed by atoms with Gasteiger partial charge in [0.1, 0.15) is 5.60 Å². The molecule has 2 aliphatic heterocycles. The number of hydrogen-bond donors (Lipinski definition) is 1. The largest absolute Gasteiger partial charge is 0.493 e. The van der Waals surface area contributed by atoms with Gasteiger partial charge in [-0.15, -0.1) is 24.8 Å². The standard InChI is InChI=1S/C29H31N3O3.2ClH/c1-28(2)15-21-14-23(34-5)26-22(16-29(3,4)35-26)24(21)25(32-28)19-6-8-20(9-7-19)27(33)31-17-18-10-12-30-13-11-18;;/h6-14H,15-17H2,1-5H3,(H,31,33);2*1H. The third-order valence-corrected chi connectivity index (χ3v) is 6.52. The third-order valence-electron chi connectivity index (χ3n) is 6.52. The number of benzene rings is 2. The minimum Gasteiger partial charge on any atom is -0.493 e. The first-order valence-corrected chi connectivity index (χ1v) is 12.0. The van der Waals surface area contributed by atoms with Crippen LogP contribution in [0.25, 0.3) is 0 Å². The highest BCUT2D eigenvalue weighted by atomic mass is 35.5. The van der Waals surface area contributed by atoms with Crippen molar-refractivity contribution in [1.29, 1.82) is 0 Å². The molecule has 0 saturated carbocycles. The summed E-state index contributed by atoms with van der Waals surface area (Å²) >= 11 is 0. The monoisotopic (exact) mass is 541 g/mol. The minimum absolute atomic E-state index is 0. The Hall–Kier alpha value is -3.09. The van der Waals surface area contributed by atoms with Crippen molar-refractivity contribution in [2.24, 2.45) is 4.99 Å². The Morgan fingerprint density at radius 3 is 2.35 bits per heavy atom. The third kappa shape index (κ3) is 5.76.